The fourth-order valence-corrected chi connectivity index (χ4v) is 2.95. The molecule has 0 spiro atoms. The Morgan fingerprint density at radius 2 is 2.23 bits per heavy atom. The number of hydrogen-bond acceptors (Lipinski definition) is 2. The number of nitrogen functional groups attached to an aromatic ring is 1. The molecule has 1 aromatic carbocycles. The van der Waals surface area contributed by atoms with E-state index in [-0.39, 0.29) is 0 Å². The van der Waals surface area contributed by atoms with Gasteiger partial charge in [-0.2, -0.15) is 0 Å². The average Bonchev–Trinajstić information content (AvgIpc) is 2.40. The fraction of sp³-hybridized carbons (Fsp3) is 0.200. The Labute approximate surface area is 86.1 Å². The minimum Gasteiger partial charge on any atom is -0.399 e. The van der Waals surface area contributed by atoms with Gasteiger partial charge in [0, 0.05) is 10.4 Å². The second-order valence-electron chi connectivity index (χ2n) is 2.96. The number of aryl methyl sites for hydroxylation is 1. The summed E-state index contributed by atoms with van der Waals surface area (Å²) in [6.45, 7) is 2.11. The zero-order chi connectivity index (χ0) is 9.42. The van der Waals surface area contributed by atoms with Crippen molar-refractivity contribution in [2.24, 2.45) is 0 Å². The Balaban J connectivity index is 2.80. The average molecular weight is 212 g/mol. The van der Waals surface area contributed by atoms with Crippen LogP contribution in [0.1, 0.15) is 12.5 Å². The highest BCUT2D eigenvalue weighted by Gasteiger charge is 2.08. The normalized spacial score (nSPS) is 10.9. The second kappa shape index (κ2) is 3.20. The largest absolute Gasteiger partial charge is 0.399 e. The molecule has 2 rings (SSSR count). The van der Waals surface area contributed by atoms with E-state index in [1.165, 1.54) is 15.6 Å². The highest BCUT2D eigenvalue weighted by atomic mass is 35.5. The molecule has 0 radical (unpaired) electrons. The summed E-state index contributed by atoms with van der Waals surface area (Å²) in [7, 11) is 0. The summed E-state index contributed by atoms with van der Waals surface area (Å²) >= 11 is 7.72. The molecule has 0 amide bonds. The van der Waals surface area contributed by atoms with Crippen LogP contribution in [-0.2, 0) is 6.42 Å². The molecule has 1 heterocycles. The molecular formula is C10H10ClNS. The van der Waals surface area contributed by atoms with Gasteiger partial charge >= 0.3 is 0 Å². The molecule has 0 aliphatic heterocycles. The third-order valence-electron chi connectivity index (χ3n) is 2.12. The Kier molecular flexibility index (Phi) is 2.18. The van der Waals surface area contributed by atoms with Gasteiger partial charge in [0.15, 0.2) is 0 Å². The molecule has 3 heteroatoms. The van der Waals surface area contributed by atoms with Gasteiger partial charge in [-0.3, -0.25) is 0 Å². The van der Waals surface area contributed by atoms with Crippen molar-refractivity contribution in [1.29, 1.82) is 0 Å². The van der Waals surface area contributed by atoms with Crippen LogP contribution in [0.3, 0.4) is 0 Å². The topological polar surface area (TPSA) is 26.0 Å². The molecule has 0 saturated carbocycles. The molecule has 1 nitrogen and oxygen atoms in total. The van der Waals surface area contributed by atoms with Crippen LogP contribution in [-0.4, -0.2) is 0 Å². The van der Waals surface area contributed by atoms with Crippen molar-refractivity contribution in [1.82, 2.24) is 0 Å². The SMILES string of the molecule is CCc1c(Cl)sc2ccc(N)cc12. The van der Waals surface area contributed by atoms with Crippen LogP contribution in [0.2, 0.25) is 4.34 Å². The third kappa shape index (κ3) is 1.40. The smallest absolute Gasteiger partial charge is 0.0972 e. The van der Waals surface area contributed by atoms with Gasteiger partial charge in [-0.1, -0.05) is 18.5 Å². The fourth-order valence-electron chi connectivity index (χ4n) is 1.47. The van der Waals surface area contributed by atoms with Crippen molar-refractivity contribution in [3.05, 3.63) is 28.1 Å². The maximum atomic E-state index is 6.10. The van der Waals surface area contributed by atoms with Crippen LogP contribution in [0.5, 0.6) is 0 Å². The van der Waals surface area contributed by atoms with E-state index in [4.69, 9.17) is 17.3 Å². The highest BCUT2D eigenvalue weighted by molar-refractivity contribution is 7.22. The van der Waals surface area contributed by atoms with E-state index in [2.05, 4.69) is 6.92 Å². The van der Waals surface area contributed by atoms with Crippen LogP contribution in [0, 0.1) is 0 Å². The first-order chi connectivity index (χ1) is 6.22. The lowest BCUT2D eigenvalue weighted by Crippen LogP contribution is -1.83. The Morgan fingerprint density at radius 1 is 1.46 bits per heavy atom. The van der Waals surface area contributed by atoms with E-state index < -0.39 is 0 Å². The molecule has 0 aliphatic carbocycles. The number of anilines is 1. The summed E-state index contributed by atoms with van der Waals surface area (Å²) in [4.78, 5) is 0. The molecule has 13 heavy (non-hydrogen) atoms. The van der Waals surface area contributed by atoms with Gasteiger partial charge in [-0.15, -0.1) is 11.3 Å². The zero-order valence-corrected chi connectivity index (χ0v) is 8.88. The summed E-state index contributed by atoms with van der Waals surface area (Å²) in [6.07, 6.45) is 0.961. The van der Waals surface area contributed by atoms with Crippen LogP contribution in [0.15, 0.2) is 18.2 Å². The number of rotatable bonds is 1. The molecule has 1 aromatic heterocycles. The van der Waals surface area contributed by atoms with Crippen LogP contribution >= 0.6 is 22.9 Å². The van der Waals surface area contributed by atoms with Crippen molar-refractivity contribution >= 4 is 38.7 Å². The van der Waals surface area contributed by atoms with Gasteiger partial charge in [-0.05, 0) is 35.6 Å². The first kappa shape index (κ1) is 8.85. The summed E-state index contributed by atoms with van der Waals surface area (Å²) in [6, 6.07) is 5.94. The molecular weight excluding hydrogens is 202 g/mol. The van der Waals surface area contributed by atoms with Gasteiger partial charge in [0.1, 0.15) is 0 Å². The first-order valence-corrected chi connectivity index (χ1v) is 5.38. The van der Waals surface area contributed by atoms with E-state index in [1.54, 1.807) is 11.3 Å². The lowest BCUT2D eigenvalue weighted by molar-refractivity contribution is 1.17. The Hall–Kier alpha value is -0.730. The summed E-state index contributed by atoms with van der Waals surface area (Å²) in [5, 5.41) is 1.21. The number of fused-ring (bicyclic) bond motifs is 1. The highest BCUT2D eigenvalue weighted by Crippen LogP contribution is 2.36. The number of halogens is 1. The standard InChI is InChI=1S/C10H10ClNS/c1-2-7-8-5-6(12)3-4-9(8)13-10(7)11/h3-5H,2,12H2,1H3. The van der Waals surface area contributed by atoms with Crippen LogP contribution < -0.4 is 5.73 Å². The van der Waals surface area contributed by atoms with Crippen molar-refractivity contribution in [2.45, 2.75) is 13.3 Å². The molecule has 0 bridgehead atoms. The van der Waals surface area contributed by atoms with Crippen molar-refractivity contribution in [3.63, 3.8) is 0 Å². The molecule has 0 fully saturated rings. The van der Waals surface area contributed by atoms with Crippen LogP contribution in [0.4, 0.5) is 5.69 Å². The number of nitrogens with two attached hydrogens (primary N) is 1. The molecule has 0 aliphatic rings. The van der Waals surface area contributed by atoms with Crippen molar-refractivity contribution < 1.29 is 0 Å². The lowest BCUT2D eigenvalue weighted by atomic mass is 10.1. The maximum absolute atomic E-state index is 6.10. The minimum atomic E-state index is 0.802. The summed E-state index contributed by atoms with van der Waals surface area (Å²) in [5.41, 5.74) is 7.74. The van der Waals surface area contributed by atoms with Gasteiger partial charge < -0.3 is 5.73 Å². The Morgan fingerprint density at radius 3 is 2.92 bits per heavy atom. The van der Waals surface area contributed by atoms with E-state index in [9.17, 15) is 0 Å². The van der Waals surface area contributed by atoms with Gasteiger partial charge in [0.2, 0.25) is 0 Å². The number of thiophene rings is 1. The van der Waals surface area contributed by atoms with Crippen molar-refractivity contribution in [3.8, 4) is 0 Å². The number of hydrogen-bond donors (Lipinski definition) is 1. The lowest BCUT2D eigenvalue weighted by Gasteiger charge is -1.96. The first-order valence-electron chi connectivity index (χ1n) is 4.18. The number of benzene rings is 1. The van der Waals surface area contributed by atoms with Gasteiger partial charge in [0.25, 0.3) is 0 Å². The third-order valence-corrected chi connectivity index (χ3v) is 3.58. The van der Waals surface area contributed by atoms with E-state index in [1.807, 2.05) is 18.2 Å². The van der Waals surface area contributed by atoms with E-state index >= 15 is 0 Å². The Bertz CT molecular complexity index is 447. The van der Waals surface area contributed by atoms with Crippen molar-refractivity contribution in [2.75, 3.05) is 5.73 Å². The zero-order valence-electron chi connectivity index (χ0n) is 7.30. The monoisotopic (exact) mass is 211 g/mol. The van der Waals surface area contributed by atoms with Gasteiger partial charge in [0.05, 0.1) is 4.34 Å². The van der Waals surface area contributed by atoms with Crippen LogP contribution in [0.25, 0.3) is 10.1 Å². The molecule has 68 valence electrons. The molecule has 0 saturated heterocycles. The predicted molar refractivity (Wildman–Crippen MR) is 60.6 cm³/mol. The van der Waals surface area contributed by atoms with E-state index in [0.717, 1.165) is 16.4 Å². The molecule has 2 aromatic rings. The predicted octanol–water partition coefficient (Wildman–Crippen LogP) is 3.70. The summed E-state index contributed by atoms with van der Waals surface area (Å²) < 4.78 is 2.11. The maximum Gasteiger partial charge on any atom is 0.0972 e. The second-order valence-corrected chi connectivity index (χ2v) is 4.62. The van der Waals surface area contributed by atoms with Gasteiger partial charge in [-0.25, -0.2) is 0 Å². The minimum absolute atomic E-state index is 0.802. The summed E-state index contributed by atoms with van der Waals surface area (Å²) in [5.74, 6) is 0. The van der Waals surface area contributed by atoms with E-state index in [0.29, 0.717) is 0 Å². The molecule has 2 N–H and O–H groups in total. The quantitative estimate of drug-likeness (QED) is 0.716. The molecule has 0 atom stereocenters. The molecule has 0 unspecified atom stereocenters.